The average Bonchev–Trinajstić information content (AvgIpc) is 2.19. The molecular formula is C9H8ClNO4S. The normalized spacial score (nSPS) is 9.81. The first kappa shape index (κ1) is 12.8. The van der Waals surface area contributed by atoms with Gasteiger partial charge < -0.3 is 4.74 Å². The average molecular weight is 262 g/mol. The van der Waals surface area contributed by atoms with Gasteiger partial charge >= 0.3 is 5.43 Å². The zero-order valence-corrected chi connectivity index (χ0v) is 9.66. The summed E-state index contributed by atoms with van der Waals surface area (Å²) in [6, 6.07) is 6.78. The van der Waals surface area contributed by atoms with Crippen LogP contribution >= 0.6 is 23.5 Å². The zero-order chi connectivity index (χ0) is 12.0. The summed E-state index contributed by atoms with van der Waals surface area (Å²) in [6.07, 6.45) is 0.530. The van der Waals surface area contributed by atoms with E-state index in [1.807, 2.05) is 0 Å². The summed E-state index contributed by atoms with van der Waals surface area (Å²) in [6.45, 7) is 0.198. The Bertz CT molecular complexity index is 382. The molecule has 0 heterocycles. The van der Waals surface area contributed by atoms with E-state index < -0.39 is 9.76 Å². The predicted octanol–water partition coefficient (Wildman–Crippen LogP) is 2.89. The van der Waals surface area contributed by atoms with Crippen molar-refractivity contribution in [3.63, 3.8) is 0 Å². The molecule has 0 spiro atoms. The van der Waals surface area contributed by atoms with Gasteiger partial charge in [0.2, 0.25) is 0 Å². The summed E-state index contributed by atoms with van der Waals surface area (Å²) in [4.78, 5) is 21.0. The second-order valence-corrected chi connectivity index (χ2v) is 4.06. The van der Waals surface area contributed by atoms with Crippen molar-refractivity contribution < 1.29 is 13.9 Å². The number of ether oxygens (including phenoxy) is 1. The summed E-state index contributed by atoms with van der Waals surface area (Å²) in [7, 11) is 0. The molecule has 7 heteroatoms. The third-order valence-electron chi connectivity index (χ3n) is 1.71. The molecular weight excluding hydrogens is 254 g/mol. The van der Waals surface area contributed by atoms with Gasteiger partial charge in [-0.2, -0.15) is 0 Å². The van der Waals surface area contributed by atoms with Crippen LogP contribution in [0.2, 0.25) is 0 Å². The molecule has 0 N–H and O–H groups in total. The van der Waals surface area contributed by atoms with Crippen molar-refractivity contribution in [1.29, 1.82) is 0 Å². The quantitative estimate of drug-likeness (QED) is 0.353. The molecule has 0 aliphatic rings. The minimum absolute atomic E-state index is 0.198. The van der Waals surface area contributed by atoms with E-state index in [1.54, 1.807) is 24.3 Å². The van der Waals surface area contributed by atoms with E-state index in [-0.39, 0.29) is 6.61 Å². The highest BCUT2D eigenvalue weighted by molar-refractivity contribution is 7.93. The second-order valence-electron chi connectivity index (χ2n) is 2.79. The molecule has 0 saturated carbocycles. The van der Waals surface area contributed by atoms with Crippen LogP contribution in [-0.2, 0) is 11.2 Å². The largest absolute Gasteiger partial charge is 0.453 e. The topological polar surface area (TPSA) is 69.4 Å². The van der Waals surface area contributed by atoms with Gasteiger partial charge in [0, 0.05) is 18.0 Å². The van der Waals surface area contributed by atoms with Gasteiger partial charge in [0.05, 0.1) is 11.5 Å². The number of carbonyl (C=O) groups excluding carboxylic acids is 1. The van der Waals surface area contributed by atoms with E-state index in [0.29, 0.717) is 23.3 Å². The maximum absolute atomic E-state index is 10.3. The molecule has 5 nitrogen and oxygen atoms in total. The molecule has 0 saturated heterocycles. The summed E-state index contributed by atoms with van der Waals surface area (Å²) in [5.74, 6) is 0. The monoisotopic (exact) mass is 261 g/mol. The number of nitro groups is 1. The number of benzene rings is 1. The van der Waals surface area contributed by atoms with Crippen LogP contribution in [0.1, 0.15) is 5.56 Å². The van der Waals surface area contributed by atoms with Crippen LogP contribution in [0.15, 0.2) is 29.2 Å². The lowest BCUT2D eigenvalue weighted by molar-refractivity contribution is -0.284. The van der Waals surface area contributed by atoms with Gasteiger partial charge in [-0.15, -0.1) is 0 Å². The lowest BCUT2D eigenvalue weighted by Crippen LogP contribution is -2.00. The molecule has 1 rings (SSSR count). The number of hydrogen-bond acceptors (Lipinski definition) is 5. The van der Waals surface area contributed by atoms with Crippen LogP contribution in [0.3, 0.4) is 0 Å². The van der Waals surface area contributed by atoms with Crippen molar-refractivity contribution in [3.8, 4) is 0 Å². The first-order chi connectivity index (χ1) is 7.58. The second kappa shape index (κ2) is 6.34. The molecule has 16 heavy (non-hydrogen) atoms. The maximum Gasteiger partial charge on any atom is 0.403 e. The van der Waals surface area contributed by atoms with E-state index in [4.69, 9.17) is 11.6 Å². The molecule has 1 aromatic carbocycles. The van der Waals surface area contributed by atoms with Gasteiger partial charge in [-0.25, -0.2) is 4.79 Å². The Kier molecular flexibility index (Phi) is 5.07. The standard InChI is InChI=1S/C9H8ClNO4S/c10-9(12)15-6-5-7-1-3-8(4-2-7)16-11(13)14/h1-4H,5-6H2. The number of nitrogens with zero attached hydrogens (tertiary/aromatic N) is 1. The zero-order valence-electron chi connectivity index (χ0n) is 8.09. The highest BCUT2D eigenvalue weighted by Crippen LogP contribution is 2.18. The first-order valence-corrected chi connectivity index (χ1v) is 5.46. The van der Waals surface area contributed by atoms with Crippen LogP contribution in [-0.4, -0.2) is 16.4 Å². The molecule has 0 aromatic heterocycles. The highest BCUT2D eigenvalue weighted by atomic mass is 35.5. The molecule has 0 fully saturated rings. The van der Waals surface area contributed by atoms with E-state index in [1.165, 1.54) is 0 Å². The van der Waals surface area contributed by atoms with Gasteiger partial charge in [0.1, 0.15) is 4.33 Å². The van der Waals surface area contributed by atoms with Crippen molar-refractivity contribution in [2.24, 2.45) is 0 Å². The Morgan fingerprint density at radius 3 is 2.56 bits per heavy atom. The fraction of sp³-hybridized carbons (Fsp3) is 0.222. The minimum Gasteiger partial charge on any atom is -0.453 e. The Hall–Kier alpha value is -1.27. The van der Waals surface area contributed by atoms with Gasteiger partial charge in [0.15, 0.2) is 0 Å². The highest BCUT2D eigenvalue weighted by Gasteiger charge is 2.04. The third kappa shape index (κ3) is 4.99. The Morgan fingerprint density at radius 2 is 2.06 bits per heavy atom. The molecule has 86 valence electrons. The van der Waals surface area contributed by atoms with Crippen LogP contribution in [0, 0.1) is 10.1 Å². The molecule has 0 amide bonds. The van der Waals surface area contributed by atoms with E-state index >= 15 is 0 Å². The summed E-state index contributed by atoms with van der Waals surface area (Å²) >= 11 is 5.54. The van der Waals surface area contributed by atoms with Gasteiger partial charge in [0.25, 0.3) is 11.9 Å². The van der Waals surface area contributed by atoms with Crippen molar-refractivity contribution in [3.05, 3.63) is 39.9 Å². The van der Waals surface area contributed by atoms with Crippen LogP contribution in [0.25, 0.3) is 0 Å². The molecule has 0 aliphatic heterocycles. The summed E-state index contributed by atoms with van der Waals surface area (Å²) in [5, 5.41) is 10.2. The van der Waals surface area contributed by atoms with Crippen molar-refractivity contribution in [1.82, 2.24) is 0 Å². The van der Waals surface area contributed by atoms with Crippen molar-refractivity contribution in [2.75, 3.05) is 6.61 Å². The van der Waals surface area contributed by atoms with E-state index in [9.17, 15) is 14.9 Å². The van der Waals surface area contributed by atoms with Gasteiger partial charge in [-0.3, -0.25) is 10.1 Å². The van der Waals surface area contributed by atoms with E-state index in [0.717, 1.165) is 5.56 Å². The lowest BCUT2D eigenvalue weighted by Gasteiger charge is -2.01. The molecule has 0 unspecified atom stereocenters. The maximum atomic E-state index is 10.3. The number of halogens is 1. The molecule has 0 radical (unpaired) electrons. The van der Waals surface area contributed by atoms with Crippen molar-refractivity contribution >= 4 is 29.0 Å². The Morgan fingerprint density at radius 1 is 1.44 bits per heavy atom. The number of carbonyl (C=O) groups is 1. The van der Waals surface area contributed by atoms with Crippen molar-refractivity contribution in [2.45, 2.75) is 11.3 Å². The molecule has 0 bridgehead atoms. The van der Waals surface area contributed by atoms with Crippen LogP contribution in [0.5, 0.6) is 0 Å². The summed E-state index contributed by atoms with van der Waals surface area (Å²) < 4.78 is 4.09. The summed E-state index contributed by atoms with van der Waals surface area (Å²) in [5.41, 5.74) is 0.0890. The van der Waals surface area contributed by atoms with Crippen LogP contribution < -0.4 is 0 Å². The Balaban J connectivity index is 2.45. The molecule has 0 atom stereocenters. The molecule has 0 aliphatic carbocycles. The SMILES string of the molecule is O=C(Cl)OCCc1ccc(S[N+](=O)[O-])cc1. The number of rotatable bonds is 5. The smallest absolute Gasteiger partial charge is 0.403 e. The van der Waals surface area contributed by atoms with Crippen LogP contribution in [0.4, 0.5) is 4.79 Å². The third-order valence-corrected chi connectivity index (χ3v) is 2.45. The Labute approximate surface area is 101 Å². The van der Waals surface area contributed by atoms with Gasteiger partial charge in [-0.05, 0) is 17.7 Å². The van der Waals surface area contributed by atoms with E-state index in [2.05, 4.69) is 4.74 Å². The fourth-order valence-corrected chi connectivity index (χ4v) is 1.56. The first-order valence-electron chi connectivity index (χ1n) is 4.31. The number of hydrogen-bond donors (Lipinski definition) is 0. The minimum atomic E-state index is -0.833. The van der Waals surface area contributed by atoms with Gasteiger partial charge in [-0.1, -0.05) is 12.1 Å². The molecule has 1 aromatic rings. The predicted molar refractivity (Wildman–Crippen MR) is 60.2 cm³/mol. The lowest BCUT2D eigenvalue weighted by atomic mass is 10.2. The fourth-order valence-electron chi connectivity index (χ4n) is 1.05.